The predicted octanol–water partition coefficient (Wildman–Crippen LogP) is 3.10. The minimum absolute atomic E-state index is 0.651. The maximum atomic E-state index is 3.59. The number of hydrogen-bond acceptors (Lipinski definition) is 3. The van der Waals surface area contributed by atoms with Crippen molar-refractivity contribution in [3.63, 3.8) is 0 Å². The molecule has 2 nitrogen and oxygen atoms in total. The molecule has 1 aromatic rings. The Morgan fingerprint density at radius 3 is 2.94 bits per heavy atom. The Morgan fingerprint density at radius 2 is 2.35 bits per heavy atom. The van der Waals surface area contributed by atoms with Gasteiger partial charge in [0.2, 0.25) is 0 Å². The molecule has 0 saturated heterocycles. The van der Waals surface area contributed by atoms with Gasteiger partial charge in [-0.2, -0.15) is 0 Å². The molecule has 1 saturated carbocycles. The van der Waals surface area contributed by atoms with E-state index >= 15 is 0 Å². The summed E-state index contributed by atoms with van der Waals surface area (Å²) >= 11 is 1.88. The SMILES string of the molecule is CCC(C)NCCN(Cc1cccs1)C1CC1. The second-order valence-electron chi connectivity index (χ2n) is 5.04. The molecule has 1 aliphatic rings. The Labute approximate surface area is 109 Å². The normalized spacial score (nSPS) is 17.6. The summed E-state index contributed by atoms with van der Waals surface area (Å²) in [5.74, 6) is 0. The molecule has 0 spiro atoms. The molecular formula is C14H24N2S. The third kappa shape index (κ3) is 4.41. The molecule has 3 heteroatoms. The molecule has 1 aliphatic carbocycles. The van der Waals surface area contributed by atoms with Crippen molar-refractivity contribution >= 4 is 11.3 Å². The molecular weight excluding hydrogens is 228 g/mol. The lowest BCUT2D eigenvalue weighted by Gasteiger charge is -2.22. The van der Waals surface area contributed by atoms with Crippen LogP contribution in [0.2, 0.25) is 0 Å². The molecule has 2 rings (SSSR count). The largest absolute Gasteiger partial charge is 0.313 e. The number of hydrogen-bond donors (Lipinski definition) is 1. The summed E-state index contributed by atoms with van der Waals surface area (Å²) in [4.78, 5) is 4.14. The molecule has 0 aromatic carbocycles. The van der Waals surface area contributed by atoms with Gasteiger partial charge >= 0.3 is 0 Å². The van der Waals surface area contributed by atoms with Gasteiger partial charge in [0.25, 0.3) is 0 Å². The highest BCUT2D eigenvalue weighted by Crippen LogP contribution is 2.28. The van der Waals surface area contributed by atoms with Crippen LogP contribution in [0.15, 0.2) is 17.5 Å². The van der Waals surface area contributed by atoms with Crippen molar-refractivity contribution in [1.82, 2.24) is 10.2 Å². The summed E-state index contributed by atoms with van der Waals surface area (Å²) < 4.78 is 0. The summed E-state index contributed by atoms with van der Waals surface area (Å²) in [5.41, 5.74) is 0. The van der Waals surface area contributed by atoms with Gasteiger partial charge in [-0.15, -0.1) is 11.3 Å². The van der Waals surface area contributed by atoms with Crippen molar-refractivity contribution in [3.8, 4) is 0 Å². The first-order chi connectivity index (χ1) is 8.29. The fourth-order valence-electron chi connectivity index (χ4n) is 2.03. The van der Waals surface area contributed by atoms with E-state index in [1.165, 1.54) is 30.7 Å². The molecule has 17 heavy (non-hydrogen) atoms. The second kappa shape index (κ2) is 6.53. The van der Waals surface area contributed by atoms with Gasteiger partial charge in [-0.1, -0.05) is 13.0 Å². The Kier molecular flexibility index (Phi) is 5.01. The smallest absolute Gasteiger partial charge is 0.0331 e. The van der Waals surface area contributed by atoms with E-state index in [9.17, 15) is 0 Å². The van der Waals surface area contributed by atoms with Crippen LogP contribution in [-0.4, -0.2) is 30.1 Å². The van der Waals surface area contributed by atoms with Gasteiger partial charge in [-0.3, -0.25) is 4.90 Å². The minimum atomic E-state index is 0.651. The minimum Gasteiger partial charge on any atom is -0.313 e. The fourth-order valence-corrected chi connectivity index (χ4v) is 2.76. The first-order valence-corrected chi connectivity index (χ1v) is 7.67. The topological polar surface area (TPSA) is 15.3 Å². The highest BCUT2D eigenvalue weighted by molar-refractivity contribution is 7.09. The predicted molar refractivity (Wildman–Crippen MR) is 75.5 cm³/mol. The molecule has 1 heterocycles. The number of rotatable bonds is 8. The monoisotopic (exact) mass is 252 g/mol. The van der Waals surface area contributed by atoms with Crippen LogP contribution in [0.25, 0.3) is 0 Å². The van der Waals surface area contributed by atoms with Gasteiger partial charge in [-0.25, -0.2) is 0 Å². The third-order valence-electron chi connectivity index (χ3n) is 3.51. The van der Waals surface area contributed by atoms with Crippen molar-refractivity contribution in [2.75, 3.05) is 13.1 Å². The van der Waals surface area contributed by atoms with Crippen LogP contribution in [0.4, 0.5) is 0 Å². The van der Waals surface area contributed by atoms with E-state index in [2.05, 4.69) is 41.6 Å². The highest BCUT2D eigenvalue weighted by Gasteiger charge is 2.28. The maximum Gasteiger partial charge on any atom is 0.0331 e. The van der Waals surface area contributed by atoms with Crippen molar-refractivity contribution < 1.29 is 0 Å². The molecule has 1 atom stereocenters. The van der Waals surface area contributed by atoms with E-state index in [0.717, 1.165) is 19.1 Å². The third-order valence-corrected chi connectivity index (χ3v) is 4.37. The summed E-state index contributed by atoms with van der Waals surface area (Å²) in [5, 5.41) is 5.77. The molecule has 0 bridgehead atoms. The molecule has 1 N–H and O–H groups in total. The highest BCUT2D eigenvalue weighted by atomic mass is 32.1. The molecule has 0 radical (unpaired) electrons. The van der Waals surface area contributed by atoms with Crippen LogP contribution in [-0.2, 0) is 6.54 Å². The first-order valence-electron chi connectivity index (χ1n) is 6.79. The van der Waals surface area contributed by atoms with Crippen LogP contribution < -0.4 is 5.32 Å². The lowest BCUT2D eigenvalue weighted by Crippen LogP contribution is -2.36. The van der Waals surface area contributed by atoms with E-state index in [1.807, 2.05) is 11.3 Å². The zero-order chi connectivity index (χ0) is 12.1. The van der Waals surface area contributed by atoms with Gasteiger partial charge in [0.1, 0.15) is 0 Å². The standard InChI is InChI=1S/C14H24N2S/c1-3-12(2)15-8-9-16(13-6-7-13)11-14-5-4-10-17-14/h4-5,10,12-13,15H,3,6-9,11H2,1-2H3. The van der Waals surface area contributed by atoms with Crippen molar-refractivity contribution in [2.45, 2.75) is 51.7 Å². The lowest BCUT2D eigenvalue weighted by atomic mass is 10.2. The zero-order valence-electron chi connectivity index (χ0n) is 11.0. The number of thiophene rings is 1. The Balaban J connectivity index is 1.73. The van der Waals surface area contributed by atoms with E-state index < -0.39 is 0 Å². The van der Waals surface area contributed by atoms with E-state index in [0.29, 0.717) is 6.04 Å². The van der Waals surface area contributed by atoms with Crippen LogP contribution in [0.1, 0.15) is 38.0 Å². The summed E-state index contributed by atoms with van der Waals surface area (Å²) in [7, 11) is 0. The average Bonchev–Trinajstić information content (AvgIpc) is 3.06. The molecule has 0 aliphatic heterocycles. The summed E-state index contributed by atoms with van der Waals surface area (Å²) in [6, 6.07) is 5.92. The van der Waals surface area contributed by atoms with Gasteiger partial charge in [0.15, 0.2) is 0 Å². The van der Waals surface area contributed by atoms with Crippen molar-refractivity contribution in [2.24, 2.45) is 0 Å². The molecule has 1 aromatic heterocycles. The van der Waals surface area contributed by atoms with E-state index in [1.54, 1.807) is 0 Å². The van der Waals surface area contributed by atoms with Crippen LogP contribution in [0, 0.1) is 0 Å². The van der Waals surface area contributed by atoms with Crippen LogP contribution in [0.5, 0.6) is 0 Å². The quantitative estimate of drug-likeness (QED) is 0.765. The summed E-state index contributed by atoms with van der Waals surface area (Å²) in [6.45, 7) is 7.96. The Morgan fingerprint density at radius 1 is 1.53 bits per heavy atom. The van der Waals surface area contributed by atoms with Crippen LogP contribution >= 0.6 is 11.3 Å². The van der Waals surface area contributed by atoms with Crippen LogP contribution in [0.3, 0.4) is 0 Å². The van der Waals surface area contributed by atoms with Gasteiger partial charge in [-0.05, 0) is 37.6 Å². The van der Waals surface area contributed by atoms with Gasteiger partial charge in [0.05, 0.1) is 0 Å². The Bertz CT molecular complexity index is 306. The maximum absolute atomic E-state index is 3.59. The van der Waals surface area contributed by atoms with E-state index in [4.69, 9.17) is 0 Å². The average molecular weight is 252 g/mol. The molecule has 0 amide bonds. The van der Waals surface area contributed by atoms with Crippen molar-refractivity contribution in [1.29, 1.82) is 0 Å². The Hall–Kier alpha value is -0.380. The number of nitrogens with one attached hydrogen (secondary N) is 1. The molecule has 96 valence electrons. The first kappa shape index (κ1) is 13.1. The fraction of sp³-hybridized carbons (Fsp3) is 0.714. The lowest BCUT2D eigenvalue weighted by molar-refractivity contribution is 0.253. The van der Waals surface area contributed by atoms with Gasteiger partial charge < -0.3 is 5.32 Å². The number of nitrogens with zero attached hydrogens (tertiary/aromatic N) is 1. The summed E-state index contributed by atoms with van der Waals surface area (Å²) in [6.07, 6.45) is 4.01. The zero-order valence-corrected chi connectivity index (χ0v) is 11.8. The molecule has 1 fully saturated rings. The van der Waals surface area contributed by atoms with Crippen molar-refractivity contribution in [3.05, 3.63) is 22.4 Å². The van der Waals surface area contributed by atoms with E-state index in [-0.39, 0.29) is 0 Å². The molecule has 1 unspecified atom stereocenters. The second-order valence-corrected chi connectivity index (χ2v) is 6.08. The van der Waals surface area contributed by atoms with Gasteiger partial charge in [0, 0.05) is 36.6 Å².